The van der Waals surface area contributed by atoms with Crippen molar-refractivity contribution in [1.29, 1.82) is 0 Å². The van der Waals surface area contributed by atoms with E-state index in [4.69, 9.17) is 23.2 Å². The number of aromatic nitrogens is 3. The van der Waals surface area contributed by atoms with Gasteiger partial charge in [-0.15, -0.1) is 0 Å². The predicted molar refractivity (Wildman–Crippen MR) is 125 cm³/mol. The lowest BCUT2D eigenvalue weighted by atomic mass is 9.95. The summed E-state index contributed by atoms with van der Waals surface area (Å²) < 4.78 is 44.3. The number of imidazole rings is 1. The summed E-state index contributed by atoms with van der Waals surface area (Å²) in [5.74, 6) is -2.72. The van der Waals surface area contributed by atoms with Crippen LogP contribution in [0.25, 0.3) is 11.0 Å². The molecule has 3 heterocycles. The maximum Gasteiger partial charge on any atom is 0.440 e. The number of carbonyl (C=O) groups is 2. The predicted octanol–water partition coefficient (Wildman–Crippen LogP) is 5.08. The molecule has 3 aromatic rings. The number of halogens is 5. The van der Waals surface area contributed by atoms with Crippen LogP contribution in [0.4, 0.5) is 24.9 Å². The molecule has 1 aliphatic carbocycles. The molecule has 1 atom stereocenters. The minimum absolute atomic E-state index is 0.0354. The fraction of sp³-hybridized carbons (Fsp3) is 0.364. The van der Waals surface area contributed by atoms with Crippen LogP contribution in [-0.2, 0) is 10.5 Å². The third-order valence-electron chi connectivity index (χ3n) is 6.23. The Balaban J connectivity index is 1.53. The van der Waals surface area contributed by atoms with Crippen molar-refractivity contribution >= 4 is 57.8 Å². The van der Waals surface area contributed by atoms with Gasteiger partial charge < -0.3 is 10.6 Å². The van der Waals surface area contributed by atoms with Crippen molar-refractivity contribution in [1.82, 2.24) is 19.9 Å². The highest BCUT2D eigenvalue weighted by molar-refractivity contribution is 6.42. The Morgan fingerprint density at radius 1 is 1.11 bits per heavy atom. The smallest absolute Gasteiger partial charge is 0.367 e. The number of pyridine rings is 1. The van der Waals surface area contributed by atoms with Gasteiger partial charge in [-0.3, -0.25) is 19.5 Å². The molecule has 1 aromatic carbocycles. The minimum Gasteiger partial charge on any atom is -0.367 e. The van der Waals surface area contributed by atoms with Gasteiger partial charge in [-0.2, -0.15) is 13.2 Å². The Bertz CT molecular complexity index is 1340. The van der Waals surface area contributed by atoms with Crippen molar-refractivity contribution in [2.24, 2.45) is 0 Å². The molecule has 1 saturated carbocycles. The van der Waals surface area contributed by atoms with E-state index in [1.165, 1.54) is 18.2 Å². The molecule has 0 saturated heterocycles. The molecule has 1 unspecified atom stereocenters. The lowest BCUT2D eigenvalue weighted by Crippen LogP contribution is -2.63. The van der Waals surface area contributed by atoms with E-state index in [2.05, 4.69) is 20.6 Å². The van der Waals surface area contributed by atoms with E-state index in [0.717, 1.165) is 38.2 Å². The van der Waals surface area contributed by atoms with Gasteiger partial charge in [0.2, 0.25) is 5.95 Å². The highest BCUT2D eigenvalue weighted by atomic mass is 35.5. The molecule has 35 heavy (non-hydrogen) atoms. The van der Waals surface area contributed by atoms with Crippen LogP contribution < -0.4 is 16.0 Å². The molecule has 184 valence electrons. The molecule has 2 amide bonds. The van der Waals surface area contributed by atoms with Crippen molar-refractivity contribution in [2.45, 2.75) is 50.0 Å². The van der Waals surface area contributed by atoms with E-state index < -0.39 is 29.6 Å². The largest absolute Gasteiger partial charge is 0.440 e. The van der Waals surface area contributed by atoms with Gasteiger partial charge in [0.15, 0.2) is 0 Å². The van der Waals surface area contributed by atoms with Crippen molar-refractivity contribution < 1.29 is 22.8 Å². The lowest BCUT2D eigenvalue weighted by Gasteiger charge is -2.31. The van der Waals surface area contributed by atoms with E-state index in [-0.39, 0.29) is 32.8 Å². The number of nitrogens with one attached hydrogen (secondary N) is 3. The van der Waals surface area contributed by atoms with Gasteiger partial charge in [-0.1, -0.05) is 48.5 Å². The van der Waals surface area contributed by atoms with Crippen LogP contribution in [0, 0.1) is 0 Å². The van der Waals surface area contributed by atoms with Crippen molar-refractivity contribution in [3.8, 4) is 0 Å². The van der Waals surface area contributed by atoms with Crippen LogP contribution in [0.2, 0.25) is 10.0 Å². The first kappa shape index (κ1) is 23.7. The Hall–Kier alpha value is -3.05. The van der Waals surface area contributed by atoms with Crippen molar-refractivity contribution in [3.63, 3.8) is 0 Å². The van der Waals surface area contributed by atoms with Crippen molar-refractivity contribution in [2.75, 3.05) is 10.6 Å². The quantitative estimate of drug-likeness (QED) is 0.440. The van der Waals surface area contributed by atoms with Crippen LogP contribution in [0.5, 0.6) is 0 Å². The van der Waals surface area contributed by atoms with Crippen LogP contribution in [0.1, 0.15) is 42.6 Å². The number of nitrogens with zero attached hydrogens (tertiary/aromatic N) is 3. The number of benzene rings is 1. The zero-order chi connectivity index (χ0) is 25.0. The molecule has 0 spiro atoms. The maximum absolute atomic E-state index is 14.6. The average Bonchev–Trinajstić information content (AvgIpc) is 3.28. The van der Waals surface area contributed by atoms with E-state index in [9.17, 15) is 22.8 Å². The molecule has 13 heteroatoms. The molecule has 2 aromatic heterocycles. The summed E-state index contributed by atoms with van der Waals surface area (Å²) in [6.45, 7) is 0. The minimum atomic E-state index is -5.24. The molecule has 3 N–H and O–H groups in total. The molecule has 2 aliphatic rings. The van der Waals surface area contributed by atoms with Crippen LogP contribution in [0.15, 0.2) is 30.3 Å². The first-order valence-electron chi connectivity index (χ1n) is 10.9. The summed E-state index contributed by atoms with van der Waals surface area (Å²) in [6.07, 6.45) is -0.0698. The van der Waals surface area contributed by atoms with Gasteiger partial charge in [0.1, 0.15) is 11.5 Å². The van der Waals surface area contributed by atoms with Crippen LogP contribution >= 0.6 is 23.2 Å². The highest BCUT2D eigenvalue weighted by Crippen LogP contribution is 2.45. The normalized spacial score (nSPS) is 20.5. The lowest BCUT2D eigenvalue weighted by molar-refractivity contribution is -0.213. The third kappa shape index (κ3) is 3.96. The van der Waals surface area contributed by atoms with Gasteiger partial charge in [0, 0.05) is 6.04 Å². The second kappa shape index (κ2) is 8.56. The number of rotatable bonds is 4. The summed E-state index contributed by atoms with van der Waals surface area (Å²) in [4.78, 5) is 34.0. The Kier molecular flexibility index (Phi) is 5.79. The molecule has 0 bridgehead atoms. The molecule has 8 nitrogen and oxygen atoms in total. The number of hydrogen-bond acceptors (Lipinski definition) is 5. The van der Waals surface area contributed by atoms with E-state index in [1.807, 2.05) is 5.32 Å². The Morgan fingerprint density at radius 2 is 1.83 bits per heavy atom. The third-order valence-corrected chi connectivity index (χ3v) is 6.95. The van der Waals surface area contributed by atoms with E-state index in [1.54, 1.807) is 6.07 Å². The zero-order valence-electron chi connectivity index (χ0n) is 18.0. The number of amides is 2. The summed E-state index contributed by atoms with van der Waals surface area (Å²) in [5, 5.41) is 7.26. The second-order valence-corrected chi connectivity index (χ2v) is 9.34. The second-order valence-electron chi connectivity index (χ2n) is 8.53. The van der Waals surface area contributed by atoms with Gasteiger partial charge in [-0.25, -0.2) is 9.97 Å². The van der Waals surface area contributed by atoms with Crippen LogP contribution in [-0.4, -0.2) is 38.6 Å². The average molecular weight is 527 g/mol. The van der Waals surface area contributed by atoms with E-state index in [0.29, 0.717) is 10.4 Å². The summed E-state index contributed by atoms with van der Waals surface area (Å²) in [6, 6.07) is 7.05. The van der Waals surface area contributed by atoms with Gasteiger partial charge in [-0.05, 0) is 37.1 Å². The van der Waals surface area contributed by atoms with Gasteiger partial charge >= 0.3 is 6.18 Å². The standard InChI is InChI=1S/C22H19Cl2F3N6O2/c23-12-9-15-16(10-13(12)24)33-20(30-15)31-19(35)21(33,22(25,26)27)32-18(34)14-7-4-8-17(29-14)28-11-5-2-1-3-6-11/h4,7-11H,1-3,5-6H2,(H,28,29)(H,32,34)(H,30,31,35). The number of anilines is 2. The molecule has 1 aliphatic heterocycles. The number of fused-ring (bicyclic) bond motifs is 3. The first-order chi connectivity index (χ1) is 16.6. The van der Waals surface area contributed by atoms with E-state index >= 15 is 0 Å². The topological polar surface area (TPSA) is 101 Å². The molecular formula is C22H19Cl2F3N6O2. The summed E-state index contributed by atoms with van der Waals surface area (Å²) in [5.41, 5.74) is -3.82. The molecule has 5 rings (SSSR count). The first-order valence-corrected chi connectivity index (χ1v) is 11.7. The number of carbonyl (C=O) groups excluding carboxylic acids is 2. The fourth-order valence-corrected chi connectivity index (χ4v) is 4.87. The highest BCUT2D eigenvalue weighted by Gasteiger charge is 2.67. The van der Waals surface area contributed by atoms with Gasteiger partial charge in [0.25, 0.3) is 17.5 Å². The van der Waals surface area contributed by atoms with Crippen molar-refractivity contribution in [3.05, 3.63) is 46.1 Å². The molecule has 0 radical (unpaired) electrons. The number of hydrogen-bond donors (Lipinski definition) is 3. The fourth-order valence-electron chi connectivity index (χ4n) is 4.55. The molecule has 1 fully saturated rings. The molecular weight excluding hydrogens is 508 g/mol. The maximum atomic E-state index is 14.6. The SMILES string of the molecule is O=C(NC1(C(F)(F)F)C(=O)Nc2nc3cc(Cl)c(Cl)cc3n21)c1cccc(NC2CCCCC2)n1. The monoisotopic (exact) mass is 526 g/mol. The Labute approximate surface area is 207 Å². The van der Waals surface area contributed by atoms with Gasteiger partial charge in [0.05, 0.1) is 21.1 Å². The summed E-state index contributed by atoms with van der Waals surface area (Å²) >= 11 is 12.0. The zero-order valence-corrected chi connectivity index (χ0v) is 19.6. The summed E-state index contributed by atoms with van der Waals surface area (Å²) in [7, 11) is 0. The van der Waals surface area contributed by atoms with Crippen LogP contribution in [0.3, 0.4) is 0 Å². The Morgan fingerprint density at radius 3 is 2.54 bits per heavy atom. The number of alkyl halides is 3.